The van der Waals surface area contributed by atoms with Crippen LogP contribution in [-0.2, 0) is 0 Å². The van der Waals surface area contributed by atoms with Gasteiger partial charge in [-0.3, -0.25) is 0 Å². The number of halogens is 2. The summed E-state index contributed by atoms with van der Waals surface area (Å²) >= 11 is 5.63. The molecule has 2 N–H and O–H groups in total. The Hall–Kier alpha value is -0.280. The lowest BCUT2D eigenvalue weighted by atomic mass is 10.2. The van der Waals surface area contributed by atoms with Crippen molar-refractivity contribution in [3.8, 4) is 0 Å². The second-order valence-electron chi connectivity index (χ2n) is 1.90. The van der Waals surface area contributed by atoms with Crippen molar-refractivity contribution in [3.05, 3.63) is 35.9 Å². The standard InChI is InChI=1S/C7H8ClNO.ClH/c8-7(9-10)6-4-2-1-3-5-6;/h1-5,7,9-10H;1H. The lowest BCUT2D eigenvalue weighted by molar-refractivity contribution is 0.155. The average molecular weight is 194 g/mol. The summed E-state index contributed by atoms with van der Waals surface area (Å²) in [6.45, 7) is 0. The third kappa shape index (κ3) is 3.08. The van der Waals surface area contributed by atoms with E-state index in [-0.39, 0.29) is 12.4 Å². The minimum atomic E-state index is -0.513. The molecule has 0 radical (unpaired) electrons. The van der Waals surface area contributed by atoms with Crippen molar-refractivity contribution in [1.82, 2.24) is 5.48 Å². The number of hydrogen-bond donors (Lipinski definition) is 2. The van der Waals surface area contributed by atoms with E-state index in [4.69, 9.17) is 16.8 Å². The van der Waals surface area contributed by atoms with E-state index in [9.17, 15) is 0 Å². The van der Waals surface area contributed by atoms with Crippen molar-refractivity contribution in [3.63, 3.8) is 0 Å². The summed E-state index contributed by atoms with van der Waals surface area (Å²) in [7, 11) is 0. The monoisotopic (exact) mass is 193 g/mol. The van der Waals surface area contributed by atoms with Gasteiger partial charge >= 0.3 is 0 Å². The number of hydrogen-bond acceptors (Lipinski definition) is 2. The molecular weight excluding hydrogens is 185 g/mol. The summed E-state index contributed by atoms with van der Waals surface area (Å²) in [6, 6.07) is 9.29. The molecule has 0 aliphatic rings. The maximum Gasteiger partial charge on any atom is 0.131 e. The van der Waals surface area contributed by atoms with Crippen molar-refractivity contribution in [2.75, 3.05) is 0 Å². The molecule has 0 fully saturated rings. The van der Waals surface area contributed by atoms with E-state index in [0.717, 1.165) is 5.56 Å². The molecule has 1 unspecified atom stereocenters. The van der Waals surface area contributed by atoms with Crippen molar-refractivity contribution >= 4 is 24.0 Å². The molecule has 2 nitrogen and oxygen atoms in total. The van der Waals surface area contributed by atoms with Crippen LogP contribution in [-0.4, -0.2) is 5.21 Å². The minimum absolute atomic E-state index is 0. The molecule has 11 heavy (non-hydrogen) atoms. The Labute approximate surface area is 76.6 Å². The molecule has 1 rings (SSSR count). The molecule has 0 spiro atoms. The summed E-state index contributed by atoms with van der Waals surface area (Å²) in [4.78, 5) is 0. The first-order valence-corrected chi connectivity index (χ1v) is 3.37. The van der Waals surface area contributed by atoms with E-state index < -0.39 is 5.50 Å². The molecule has 0 aliphatic carbocycles. The zero-order valence-electron chi connectivity index (χ0n) is 5.70. The molecule has 4 heteroatoms. The highest BCUT2D eigenvalue weighted by Crippen LogP contribution is 2.14. The van der Waals surface area contributed by atoms with Gasteiger partial charge in [0.05, 0.1) is 0 Å². The van der Waals surface area contributed by atoms with Crippen LogP contribution in [0.25, 0.3) is 0 Å². The molecule has 0 bridgehead atoms. The molecule has 0 aliphatic heterocycles. The maximum absolute atomic E-state index is 8.41. The highest BCUT2D eigenvalue weighted by atomic mass is 35.5. The van der Waals surface area contributed by atoms with Gasteiger partial charge in [-0.1, -0.05) is 41.9 Å². The number of alkyl halides is 1. The van der Waals surface area contributed by atoms with Crippen LogP contribution in [0.1, 0.15) is 11.1 Å². The van der Waals surface area contributed by atoms with Gasteiger partial charge in [-0.2, -0.15) is 5.48 Å². The molecule has 1 aromatic carbocycles. The molecule has 1 aromatic rings. The fraction of sp³-hybridized carbons (Fsp3) is 0.143. The fourth-order valence-electron chi connectivity index (χ4n) is 0.697. The second-order valence-corrected chi connectivity index (χ2v) is 2.34. The predicted molar refractivity (Wildman–Crippen MR) is 47.2 cm³/mol. The van der Waals surface area contributed by atoms with E-state index >= 15 is 0 Å². The van der Waals surface area contributed by atoms with Gasteiger partial charge in [-0.25, -0.2) is 0 Å². The van der Waals surface area contributed by atoms with E-state index in [0.29, 0.717) is 0 Å². The zero-order valence-corrected chi connectivity index (χ0v) is 7.27. The molecular formula is C7H9Cl2NO. The van der Waals surface area contributed by atoms with Crippen LogP contribution in [0.2, 0.25) is 0 Å². The topological polar surface area (TPSA) is 32.3 Å². The third-order valence-electron chi connectivity index (χ3n) is 1.21. The molecule has 62 valence electrons. The van der Waals surface area contributed by atoms with Crippen LogP contribution in [0.15, 0.2) is 30.3 Å². The smallest absolute Gasteiger partial charge is 0.131 e. The SMILES string of the molecule is Cl.ONC(Cl)c1ccccc1. The van der Waals surface area contributed by atoms with E-state index in [2.05, 4.69) is 0 Å². The van der Waals surface area contributed by atoms with Crippen LogP contribution in [0, 0.1) is 0 Å². The van der Waals surface area contributed by atoms with Gasteiger partial charge in [0.15, 0.2) is 0 Å². The Morgan fingerprint density at radius 1 is 1.27 bits per heavy atom. The number of rotatable bonds is 2. The Kier molecular flexibility index (Phi) is 5.24. The first kappa shape index (κ1) is 10.7. The van der Waals surface area contributed by atoms with E-state index in [1.165, 1.54) is 0 Å². The molecule has 0 saturated heterocycles. The zero-order chi connectivity index (χ0) is 7.40. The third-order valence-corrected chi connectivity index (χ3v) is 1.56. The Balaban J connectivity index is 0.000001000. The van der Waals surface area contributed by atoms with E-state index in [1.807, 2.05) is 35.8 Å². The van der Waals surface area contributed by atoms with Crippen LogP contribution in [0.5, 0.6) is 0 Å². The lowest BCUT2D eigenvalue weighted by Crippen LogP contribution is -2.10. The quantitative estimate of drug-likeness (QED) is 0.430. The summed E-state index contributed by atoms with van der Waals surface area (Å²) in [5, 5.41) is 8.41. The van der Waals surface area contributed by atoms with Gasteiger partial charge in [0.1, 0.15) is 5.50 Å². The highest BCUT2D eigenvalue weighted by Gasteiger charge is 2.02. The van der Waals surface area contributed by atoms with Gasteiger partial charge in [0.25, 0.3) is 0 Å². The molecule has 0 amide bonds. The Morgan fingerprint density at radius 2 is 1.82 bits per heavy atom. The predicted octanol–water partition coefficient (Wildman–Crippen LogP) is 2.32. The Morgan fingerprint density at radius 3 is 2.27 bits per heavy atom. The second kappa shape index (κ2) is 5.38. The van der Waals surface area contributed by atoms with E-state index in [1.54, 1.807) is 0 Å². The first-order valence-electron chi connectivity index (χ1n) is 2.93. The van der Waals surface area contributed by atoms with Crippen molar-refractivity contribution in [2.24, 2.45) is 0 Å². The fourth-order valence-corrected chi connectivity index (χ4v) is 0.842. The normalized spacial score (nSPS) is 11.8. The summed E-state index contributed by atoms with van der Waals surface area (Å²) < 4.78 is 0. The largest absolute Gasteiger partial charge is 0.315 e. The number of nitrogens with one attached hydrogen (secondary N) is 1. The van der Waals surface area contributed by atoms with Gasteiger partial charge in [0.2, 0.25) is 0 Å². The lowest BCUT2D eigenvalue weighted by Gasteiger charge is -2.04. The first-order chi connectivity index (χ1) is 4.84. The number of benzene rings is 1. The van der Waals surface area contributed by atoms with Gasteiger partial charge in [-0.15, -0.1) is 12.4 Å². The minimum Gasteiger partial charge on any atom is -0.315 e. The molecule has 1 atom stereocenters. The summed E-state index contributed by atoms with van der Waals surface area (Å²) in [6.07, 6.45) is 0. The van der Waals surface area contributed by atoms with Crippen molar-refractivity contribution in [1.29, 1.82) is 0 Å². The van der Waals surface area contributed by atoms with Crippen molar-refractivity contribution < 1.29 is 5.21 Å². The molecule has 0 saturated carbocycles. The number of hydroxylamine groups is 1. The van der Waals surface area contributed by atoms with Crippen molar-refractivity contribution in [2.45, 2.75) is 5.50 Å². The van der Waals surface area contributed by atoms with Crippen LogP contribution >= 0.6 is 24.0 Å². The summed E-state index contributed by atoms with van der Waals surface area (Å²) in [5.41, 5.74) is 2.29. The summed E-state index contributed by atoms with van der Waals surface area (Å²) in [5.74, 6) is 0. The molecule has 0 heterocycles. The highest BCUT2D eigenvalue weighted by molar-refractivity contribution is 6.20. The Bertz CT molecular complexity index is 193. The average Bonchev–Trinajstić information content (AvgIpc) is 2.05. The van der Waals surface area contributed by atoms with Gasteiger partial charge in [0, 0.05) is 0 Å². The van der Waals surface area contributed by atoms with Crippen LogP contribution in [0.3, 0.4) is 0 Å². The van der Waals surface area contributed by atoms with Gasteiger partial charge < -0.3 is 5.21 Å². The molecule has 0 aromatic heterocycles. The maximum atomic E-state index is 8.41. The van der Waals surface area contributed by atoms with Gasteiger partial charge in [-0.05, 0) is 5.56 Å². The van der Waals surface area contributed by atoms with Crippen LogP contribution in [0.4, 0.5) is 0 Å². The van der Waals surface area contributed by atoms with Crippen LogP contribution < -0.4 is 5.48 Å².